The summed E-state index contributed by atoms with van der Waals surface area (Å²) in [7, 11) is 4.66. The van der Waals surface area contributed by atoms with Crippen LogP contribution in [0.5, 0.6) is 17.2 Å². The maximum atomic E-state index is 14.5. The van der Waals surface area contributed by atoms with Gasteiger partial charge in [0.25, 0.3) is 0 Å². The smallest absolute Gasteiger partial charge is 0.226 e. The van der Waals surface area contributed by atoms with Gasteiger partial charge in [-0.15, -0.1) is 5.10 Å². The van der Waals surface area contributed by atoms with Gasteiger partial charge in [0.2, 0.25) is 5.95 Å². The topological polar surface area (TPSA) is 116 Å². The molecule has 0 radical (unpaired) electrons. The summed E-state index contributed by atoms with van der Waals surface area (Å²) in [5, 5.41) is 19.7. The Balaban J connectivity index is 1.38. The number of anilines is 1. The molecule has 6 rings (SSSR count). The summed E-state index contributed by atoms with van der Waals surface area (Å²) in [6, 6.07) is 11.9. The van der Waals surface area contributed by atoms with E-state index < -0.39 is 11.4 Å². The number of nitrogens with one attached hydrogen (secondary N) is 1. The van der Waals surface area contributed by atoms with Crippen molar-refractivity contribution in [3.8, 4) is 17.2 Å². The predicted molar refractivity (Wildman–Crippen MR) is 149 cm³/mol. The van der Waals surface area contributed by atoms with Crippen LogP contribution in [-0.4, -0.2) is 51.0 Å². The maximum absolute atomic E-state index is 14.5. The Morgan fingerprint density at radius 3 is 2.55 bits per heavy atom. The lowest BCUT2D eigenvalue weighted by atomic mass is 9.67. The van der Waals surface area contributed by atoms with Crippen molar-refractivity contribution in [2.75, 3.05) is 26.6 Å². The van der Waals surface area contributed by atoms with Crippen molar-refractivity contribution in [2.24, 2.45) is 0 Å². The molecule has 0 spiro atoms. The molecule has 2 N–H and O–H groups in total. The fourth-order valence-corrected chi connectivity index (χ4v) is 5.34. The summed E-state index contributed by atoms with van der Waals surface area (Å²) in [6.07, 6.45) is 2.53. The van der Waals surface area contributed by atoms with Gasteiger partial charge in [-0.1, -0.05) is 6.07 Å². The third-order valence-electron chi connectivity index (χ3n) is 7.27. The third-order valence-corrected chi connectivity index (χ3v) is 7.74. The van der Waals surface area contributed by atoms with Gasteiger partial charge in [0.1, 0.15) is 33.2 Å². The van der Waals surface area contributed by atoms with Crippen LogP contribution in [0, 0.1) is 5.82 Å². The molecule has 3 aromatic heterocycles. The summed E-state index contributed by atoms with van der Waals surface area (Å²) in [4.78, 5) is 13.8. The Morgan fingerprint density at radius 2 is 1.85 bits per heavy atom. The highest BCUT2D eigenvalue weighted by atomic mass is 79.9. The molecule has 3 heterocycles. The number of ether oxygens (including phenoxy) is 3. The first-order valence-electron chi connectivity index (χ1n) is 12.5. The Hall–Kier alpha value is -4.03. The lowest BCUT2D eigenvalue weighted by Gasteiger charge is -2.42. The Bertz CT molecular complexity index is 1720. The second kappa shape index (κ2) is 10.2. The standard InChI is InChI=1S/C28H26BrFN6O4/c1-38-19-6-4-15(21(10-19)39-2)13-32-27-33-24-20(8-18(30)9-22(24)40-3)26-34-25(35-36(26)27)16-11-28(37,12-16)17-5-7-23(29)31-14-17/h4-10,14,16,37H,11-13H2,1-3H3,(H,32,33)/t16-,28+. The van der Waals surface area contributed by atoms with Crippen molar-refractivity contribution in [3.63, 3.8) is 0 Å². The quantitative estimate of drug-likeness (QED) is 0.235. The van der Waals surface area contributed by atoms with Crippen molar-refractivity contribution < 1.29 is 23.7 Å². The number of hydrogen-bond donors (Lipinski definition) is 2. The number of methoxy groups -OCH3 is 3. The van der Waals surface area contributed by atoms with Gasteiger partial charge in [-0.25, -0.2) is 19.3 Å². The van der Waals surface area contributed by atoms with Crippen molar-refractivity contribution in [3.05, 3.63) is 76.0 Å². The van der Waals surface area contributed by atoms with Crippen molar-refractivity contribution in [2.45, 2.75) is 30.9 Å². The molecule has 0 aliphatic heterocycles. The van der Waals surface area contributed by atoms with Gasteiger partial charge in [0.05, 0.1) is 32.3 Å². The van der Waals surface area contributed by atoms with E-state index in [-0.39, 0.29) is 11.7 Å². The molecule has 0 amide bonds. The molecule has 0 atom stereocenters. The summed E-state index contributed by atoms with van der Waals surface area (Å²) < 4.78 is 33.1. The number of hydrogen-bond acceptors (Lipinski definition) is 9. The average molecular weight is 609 g/mol. The summed E-state index contributed by atoms with van der Waals surface area (Å²) in [5.74, 6) is 1.98. The predicted octanol–water partition coefficient (Wildman–Crippen LogP) is 4.98. The molecule has 0 unspecified atom stereocenters. The zero-order valence-corrected chi connectivity index (χ0v) is 23.6. The number of halogens is 2. The minimum Gasteiger partial charge on any atom is -0.497 e. The molecular formula is C28H26BrFN6O4. The monoisotopic (exact) mass is 608 g/mol. The van der Waals surface area contributed by atoms with E-state index in [0.717, 1.165) is 11.1 Å². The number of nitrogens with zero attached hydrogens (tertiary/aromatic N) is 5. The lowest BCUT2D eigenvalue weighted by Crippen LogP contribution is -2.40. The number of rotatable bonds is 8. The highest BCUT2D eigenvalue weighted by Gasteiger charge is 2.46. The number of aliphatic hydroxyl groups is 1. The number of benzene rings is 2. The normalized spacial score (nSPS) is 18.5. The summed E-state index contributed by atoms with van der Waals surface area (Å²) in [6.45, 7) is 0.360. The number of pyridine rings is 1. The van der Waals surface area contributed by atoms with Gasteiger partial charge < -0.3 is 24.6 Å². The summed E-state index contributed by atoms with van der Waals surface area (Å²) in [5.41, 5.74) is 1.48. The summed E-state index contributed by atoms with van der Waals surface area (Å²) >= 11 is 3.33. The molecule has 1 aliphatic rings. The van der Waals surface area contributed by atoms with Crippen LogP contribution in [0.1, 0.15) is 35.7 Å². The largest absolute Gasteiger partial charge is 0.497 e. The highest BCUT2D eigenvalue weighted by Crippen LogP contribution is 2.50. The third kappa shape index (κ3) is 4.56. The molecule has 10 nitrogen and oxygen atoms in total. The first kappa shape index (κ1) is 26.2. The van der Waals surface area contributed by atoms with Crippen molar-refractivity contribution in [1.29, 1.82) is 0 Å². The van der Waals surface area contributed by atoms with Gasteiger partial charge >= 0.3 is 0 Å². The lowest BCUT2D eigenvalue weighted by molar-refractivity contribution is -0.0572. The Morgan fingerprint density at radius 1 is 1.05 bits per heavy atom. The van der Waals surface area contributed by atoms with Gasteiger partial charge in [0.15, 0.2) is 11.5 Å². The Labute approximate surface area is 237 Å². The van der Waals surface area contributed by atoms with E-state index in [0.29, 0.717) is 63.8 Å². The second-order valence-electron chi connectivity index (χ2n) is 9.68. The molecular weight excluding hydrogens is 583 g/mol. The van der Waals surface area contributed by atoms with Crippen LogP contribution in [-0.2, 0) is 12.1 Å². The van der Waals surface area contributed by atoms with Crippen LogP contribution in [0.3, 0.4) is 0 Å². The molecule has 1 saturated carbocycles. The van der Waals surface area contributed by atoms with E-state index in [1.807, 2.05) is 18.2 Å². The average Bonchev–Trinajstić information content (AvgIpc) is 3.40. The first-order chi connectivity index (χ1) is 19.3. The van der Waals surface area contributed by atoms with Crippen LogP contribution >= 0.6 is 15.9 Å². The fourth-order valence-electron chi connectivity index (χ4n) is 5.10. The van der Waals surface area contributed by atoms with E-state index in [4.69, 9.17) is 29.3 Å². The molecule has 12 heteroatoms. The molecule has 1 aliphatic carbocycles. The van der Waals surface area contributed by atoms with E-state index in [2.05, 4.69) is 26.2 Å². The van der Waals surface area contributed by atoms with Crippen LogP contribution in [0.15, 0.2) is 53.3 Å². The molecule has 40 heavy (non-hydrogen) atoms. The van der Waals surface area contributed by atoms with Gasteiger partial charge in [-0.05, 0) is 53.0 Å². The van der Waals surface area contributed by atoms with Crippen molar-refractivity contribution >= 4 is 38.4 Å². The SMILES string of the molecule is COc1ccc(CNc2nc3c(OC)cc(F)cc3c3nc([C@H]4C[C@](O)(c5ccc(Br)nc5)C4)nn23)c(OC)c1. The van der Waals surface area contributed by atoms with Crippen LogP contribution in [0.2, 0.25) is 0 Å². The van der Waals surface area contributed by atoms with Crippen molar-refractivity contribution in [1.82, 2.24) is 24.6 Å². The number of aromatic nitrogens is 5. The van der Waals surface area contributed by atoms with Gasteiger partial charge in [-0.2, -0.15) is 4.52 Å². The zero-order chi connectivity index (χ0) is 28.0. The van der Waals surface area contributed by atoms with E-state index in [9.17, 15) is 9.50 Å². The minimum absolute atomic E-state index is 0.103. The van der Waals surface area contributed by atoms with Crippen LogP contribution in [0.25, 0.3) is 16.6 Å². The molecule has 0 saturated heterocycles. The minimum atomic E-state index is -1.02. The second-order valence-corrected chi connectivity index (χ2v) is 10.5. The van der Waals surface area contributed by atoms with Crippen LogP contribution < -0.4 is 19.5 Å². The molecule has 2 aromatic carbocycles. The van der Waals surface area contributed by atoms with Gasteiger partial charge in [0, 0.05) is 41.9 Å². The van der Waals surface area contributed by atoms with E-state index in [1.54, 1.807) is 37.1 Å². The molecule has 206 valence electrons. The van der Waals surface area contributed by atoms with E-state index >= 15 is 0 Å². The van der Waals surface area contributed by atoms with E-state index in [1.165, 1.54) is 19.2 Å². The Kier molecular flexibility index (Phi) is 6.67. The zero-order valence-electron chi connectivity index (χ0n) is 22.0. The fraction of sp³-hybridized carbons (Fsp3) is 0.286. The molecule has 0 bridgehead atoms. The first-order valence-corrected chi connectivity index (χ1v) is 13.3. The van der Waals surface area contributed by atoms with Gasteiger partial charge in [-0.3, -0.25) is 0 Å². The van der Waals surface area contributed by atoms with Crippen LogP contribution in [0.4, 0.5) is 10.3 Å². The maximum Gasteiger partial charge on any atom is 0.226 e. The number of fused-ring (bicyclic) bond motifs is 3. The molecule has 5 aromatic rings. The highest BCUT2D eigenvalue weighted by molar-refractivity contribution is 9.10. The molecule has 1 fully saturated rings.